The zero-order valence-electron chi connectivity index (χ0n) is 13.7. The molecule has 24 heavy (non-hydrogen) atoms. The summed E-state index contributed by atoms with van der Waals surface area (Å²) < 4.78 is 42.4. The second-order valence-corrected chi connectivity index (χ2v) is 5.61. The highest BCUT2D eigenvalue weighted by atomic mass is 19.4. The van der Waals surface area contributed by atoms with Crippen LogP contribution in [-0.2, 0) is 19.1 Å². The molecule has 1 aliphatic heterocycles. The van der Waals surface area contributed by atoms with Gasteiger partial charge in [-0.2, -0.15) is 13.2 Å². The molecule has 2 atom stereocenters. The highest BCUT2D eigenvalue weighted by Gasteiger charge is 2.28. The fourth-order valence-corrected chi connectivity index (χ4v) is 1.60. The van der Waals surface area contributed by atoms with Gasteiger partial charge in [0.05, 0.1) is 19.3 Å². The van der Waals surface area contributed by atoms with E-state index in [1.807, 2.05) is 0 Å². The Labute approximate surface area is 138 Å². The Hall–Kier alpha value is -1.39. The van der Waals surface area contributed by atoms with E-state index >= 15 is 0 Å². The number of hydrogen-bond donors (Lipinski definition) is 2. The standard InChI is InChI=1S/C12H24N2O3.C2HF3O2/c1-9(2)11-8-17-6-4-3-5-16-7-10(13)12(15)14-11;3-2(4,5)1(6)7/h9-11H,3-8,13H2,1-2H3,(H,14,15);(H,6,7)/p-1/t10-,11+;/m1./s1. The minimum atomic E-state index is -5.19. The second kappa shape index (κ2) is 11.2. The number of carboxylic acid groups (broad SMARTS) is 1. The fourth-order valence-electron chi connectivity index (χ4n) is 1.60. The summed E-state index contributed by atoms with van der Waals surface area (Å²) in [5.41, 5.74) is 5.74. The smallest absolute Gasteiger partial charge is 0.430 e. The lowest BCUT2D eigenvalue weighted by Gasteiger charge is -2.24. The van der Waals surface area contributed by atoms with Crippen molar-refractivity contribution < 1.29 is 37.3 Å². The Morgan fingerprint density at radius 1 is 1.25 bits per heavy atom. The second-order valence-electron chi connectivity index (χ2n) is 5.61. The number of rotatable bonds is 1. The molecule has 0 bridgehead atoms. The van der Waals surface area contributed by atoms with E-state index in [0.29, 0.717) is 25.7 Å². The van der Waals surface area contributed by atoms with Crippen LogP contribution in [0.5, 0.6) is 0 Å². The maximum Gasteiger partial charge on any atom is 0.430 e. The average Bonchev–Trinajstić information content (AvgIpc) is 2.46. The minimum absolute atomic E-state index is 0.0213. The van der Waals surface area contributed by atoms with Gasteiger partial charge in [-0.05, 0) is 18.8 Å². The Morgan fingerprint density at radius 2 is 1.71 bits per heavy atom. The maximum atomic E-state index is 11.8. The number of halogens is 3. The molecule has 1 fully saturated rings. The van der Waals surface area contributed by atoms with Crippen LogP contribution >= 0.6 is 0 Å². The quantitative estimate of drug-likeness (QED) is 0.659. The average molecular weight is 357 g/mol. The van der Waals surface area contributed by atoms with E-state index in [1.165, 1.54) is 0 Å². The van der Waals surface area contributed by atoms with Gasteiger partial charge in [0, 0.05) is 13.2 Å². The molecular formula is C14H24F3N2O5-. The van der Waals surface area contributed by atoms with E-state index in [4.69, 9.17) is 25.1 Å². The van der Waals surface area contributed by atoms with Gasteiger partial charge < -0.3 is 30.4 Å². The van der Waals surface area contributed by atoms with E-state index < -0.39 is 18.2 Å². The van der Waals surface area contributed by atoms with Crippen molar-refractivity contribution in [2.75, 3.05) is 26.4 Å². The van der Waals surface area contributed by atoms with Gasteiger partial charge in [0.1, 0.15) is 12.0 Å². The minimum Gasteiger partial charge on any atom is -0.542 e. The number of nitrogens with two attached hydrogens (primary N) is 1. The van der Waals surface area contributed by atoms with Crippen molar-refractivity contribution in [1.29, 1.82) is 0 Å². The van der Waals surface area contributed by atoms with E-state index in [9.17, 15) is 18.0 Å². The van der Waals surface area contributed by atoms with Crippen molar-refractivity contribution in [3.63, 3.8) is 0 Å². The Balaban J connectivity index is 0.000000640. The number of carboxylic acids is 1. The molecule has 10 heteroatoms. The zero-order valence-corrected chi connectivity index (χ0v) is 13.7. The highest BCUT2D eigenvalue weighted by Crippen LogP contribution is 2.11. The molecule has 7 nitrogen and oxygen atoms in total. The summed E-state index contributed by atoms with van der Waals surface area (Å²) in [7, 11) is 0. The van der Waals surface area contributed by atoms with E-state index in [-0.39, 0.29) is 18.6 Å². The van der Waals surface area contributed by atoms with Gasteiger partial charge in [-0.1, -0.05) is 13.8 Å². The van der Waals surface area contributed by atoms with E-state index in [0.717, 1.165) is 12.8 Å². The van der Waals surface area contributed by atoms with Crippen LogP contribution in [0.2, 0.25) is 0 Å². The van der Waals surface area contributed by atoms with Gasteiger partial charge in [-0.3, -0.25) is 4.79 Å². The molecule has 1 rings (SSSR count). The number of carbonyl (C=O) groups excluding carboxylic acids is 2. The summed E-state index contributed by atoms with van der Waals surface area (Å²) in [5, 5.41) is 11.7. The van der Waals surface area contributed by atoms with Crippen LogP contribution in [0.1, 0.15) is 26.7 Å². The van der Waals surface area contributed by atoms with Crippen LogP contribution in [0.25, 0.3) is 0 Å². The molecule has 1 aliphatic rings. The summed E-state index contributed by atoms with van der Waals surface area (Å²) in [4.78, 5) is 20.6. The lowest BCUT2D eigenvalue weighted by atomic mass is 10.0. The number of alkyl halides is 3. The van der Waals surface area contributed by atoms with E-state index in [2.05, 4.69) is 19.2 Å². The van der Waals surface area contributed by atoms with Gasteiger partial charge in [0.15, 0.2) is 0 Å². The first-order valence-electron chi connectivity index (χ1n) is 7.55. The first kappa shape index (κ1) is 22.6. The van der Waals surface area contributed by atoms with E-state index in [1.54, 1.807) is 0 Å². The molecule has 1 amide bonds. The third kappa shape index (κ3) is 10.4. The molecule has 142 valence electrons. The molecule has 0 aromatic heterocycles. The van der Waals surface area contributed by atoms with Crippen LogP contribution in [0.3, 0.4) is 0 Å². The van der Waals surface area contributed by atoms with Crippen molar-refractivity contribution in [3.8, 4) is 0 Å². The van der Waals surface area contributed by atoms with Crippen LogP contribution in [0, 0.1) is 5.92 Å². The molecule has 0 radical (unpaired) electrons. The Bertz CT molecular complexity index is 391. The lowest BCUT2D eigenvalue weighted by Crippen LogP contribution is -2.50. The van der Waals surface area contributed by atoms with Gasteiger partial charge in [-0.15, -0.1) is 0 Å². The van der Waals surface area contributed by atoms with Gasteiger partial charge in [-0.25, -0.2) is 0 Å². The molecule has 0 aromatic rings. The monoisotopic (exact) mass is 357 g/mol. The summed E-state index contributed by atoms with van der Waals surface area (Å²) in [6.45, 7) is 6.31. The number of amides is 1. The number of hydrogen-bond acceptors (Lipinski definition) is 6. The normalized spacial score (nSPS) is 24.0. The first-order chi connectivity index (χ1) is 11.1. The molecular weight excluding hydrogens is 333 g/mol. The molecule has 0 aliphatic carbocycles. The third-order valence-corrected chi connectivity index (χ3v) is 3.12. The largest absolute Gasteiger partial charge is 0.542 e. The predicted molar refractivity (Wildman–Crippen MR) is 76.7 cm³/mol. The zero-order chi connectivity index (χ0) is 18.8. The van der Waals surface area contributed by atoms with Gasteiger partial charge >= 0.3 is 6.18 Å². The summed E-state index contributed by atoms with van der Waals surface area (Å²) in [6.07, 6.45) is -3.27. The Kier molecular flexibility index (Phi) is 10.6. The van der Waals surface area contributed by atoms with Crippen LogP contribution < -0.4 is 16.2 Å². The molecule has 0 unspecified atom stereocenters. The number of nitrogens with one attached hydrogen (secondary N) is 1. The molecule has 1 heterocycles. The number of ether oxygens (including phenoxy) is 2. The molecule has 3 N–H and O–H groups in total. The summed E-state index contributed by atoms with van der Waals surface area (Å²) in [5.74, 6) is -2.84. The maximum absolute atomic E-state index is 11.8. The SMILES string of the molecule is CC(C)[C@@H]1COCCCCOC[C@@H](N)C(=O)N1.O=C([O-])C(F)(F)F. The van der Waals surface area contributed by atoms with Crippen molar-refractivity contribution >= 4 is 11.9 Å². The van der Waals surface area contributed by atoms with Crippen LogP contribution in [0.15, 0.2) is 0 Å². The molecule has 0 spiro atoms. The molecule has 1 saturated heterocycles. The summed E-state index contributed by atoms with van der Waals surface area (Å²) in [6, 6.07) is -0.566. The van der Waals surface area contributed by atoms with Crippen LogP contribution in [-0.4, -0.2) is 56.6 Å². The summed E-state index contributed by atoms with van der Waals surface area (Å²) >= 11 is 0. The number of carbonyl (C=O) groups is 2. The number of aliphatic carboxylic acids is 1. The molecule has 0 aromatic carbocycles. The predicted octanol–water partition coefficient (Wildman–Crippen LogP) is -0.420. The van der Waals surface area contributed by atoms with Gasteiger partial charge in [0.25, 0.3) is 0 Å². The molecule has 0 saturated carbocycles. The van der Waals surface area contributed by atoms with Crippen molar-refractivity contribution in [2.24, 2.45) is 11.7 Å². The third-order valence-electron chi connectivity index (χ3n) is 3.12. The van der Waals surface area contributed by atoms with Crippen molar-refractivity contribution in [3.05, 3.63) is 0 Å². The highest BCUT2D eigenvalue weighted by molar-refractivity contribution is 5.81. The lowest BCUT2D eigenvalue weighted by molar-refractivity contribution is -0.344. The van der Waals surface area contributed by atoms with Crippen LogP contribution in [0.4, 0.5) is 13.2 Å². The Morgan fingerprint density at radius 3 is 2.12 bits per heavy atom. The van der Waals surface area contributed by atoms with Crippen molar-refractivity contribution in [2.45, 2.75) is 44.9 Å². The van der Waals surface area contributed by atoms with Crippen molar-refractivity contribution in [1.82, 2.24) is 5.32 Å². The fraction of sp³-hybridized carbons (Fsp3) is 0.857. The topological polar surface area (TPSA) is 114 Å². The first-order valence-corrected chi connectivity index (χ1v) is 7.55. The van der Waals surface area contributed by atoms with Gasteiger partial charge in [0.2, 0.25) is 5.91 Å².